The Labute approximate surface area is 128 Å². The highest BCUT2D eigenvalue weighted by atomic mass is 16.5. The van der Waals surface area contributed by atoms with Crippen molar-refractivity contribution < 1.29 is 9.47 Å². The highest BCUT2D eigenvalue weighted by Gasteiger charge is 2.38. The van der Waals surface area contributed by atoms with Crippen LogP contribution in [0.3, 0.4) is 0 Å². The average Bonchev–Trinajstić information content (AvgIpc) is 2.35. The molecule has 0 bridgehead atoms. The van der Waals surface area contributed by atoms with Gasteiger partial charge < -0.3 is 15.2 Å². The van der Waals surface area contributed by atoms with Gasteiger partial charge in [0.25, 0.3) is 0 Å². The molecule has 4 nitrogen and oxygen atoms in total. The molecule has 2 rings (SSSR count). The summed E-state index contributed by atoms with van der Waals surface area (Å²) in [6, 6.07) is 7.98. The van der Waals surface area contributed by atoms with Gasteiger partial charge in [-0.15, -0.1) is 0 Å². The predicted molar refractivity (Wildman–Crippen MR) is 85.6 cm³/mol. The molecule has 0 amide bonds. The van der Waals surface area contributed by atoms with Crippen molar-refractivity contribution >= 4 is 0 Å². The third-order valence-electron chi connectivity index (χ3n) is 3.74. The summed E-state index contributed by atoms with van der Waals surface area (Å²) >= 11 is 0. The van der Waals surface area contributed by atoms with E-state index in [1.807, 2.05) is 18.2 Å². The molecule has 1 heterocycles. The molecule has 1 aliphatic rings. The summed E-state index contributed by atoms with van der Waals surface area (Å²) in [5, 5.41) is 0. The molecule has 0 spiro atoms. The first kappa shape index (κ1) is 16.3. The zero-order chi connectivity index (χ0) is 15.7. The second kappa shape index (κ2) is 5.95. The summed E-state index contributed by atoms with van der Waals surface area (Å²) in [6.07, 6.45) is 0. The van der Waals surface area contributed by atoms with Crippen LogP contribution in [0.2, 0.25) is 0 Å². The van der Waals surface area contributed by atoms with Crippen molar-refractivity contribution in [3.8, 4) is 5.75 Å². The Hall–Kier alpha value is -1.10. The molecular formula is C17H28N2O2. The van der Waals surface area contributed by atoms with Crippen molar-refractivity contribution in [1.82, 2.24) is 4.90 Å². The second-order valence-corrected chi connectivity index (χ2v) is 7.17. The maximum Gasteiger partial charge on any atom is 0.119 e. The quantitative estimate of drug-likeness (QED) is 0.926. The van der Waals surface area contributed by atoms with Crippen LogP contribution in [-0.2, 0) is 4.74 Å². The minimum absolute atomic E-state index is 0.0233. The number of morpholine rings is 1. The Morgan fingerprint density at radius 1 is 1.24 bits per heavy atom. The van der Waals surface area contributed by atoms with Crippen LogP contribution in [0, 0.1) is 0 Å². The number of hydrogen-bond donors (Lipinski definition) is 1. The number of nitrogens with two attached hydrogens (primary N) is 1. The van der Waals surface area contributed by atoms with Crippen LogP contribution < -0.4 is 10.5 Å². The third kappa shape index (κ3) is 4.43. The molecule has 21 heavy (non-hydrogen) atoms. The van der Waals surface area contributed by atoms with Crippen LogP contribution in [0.1, 0.15) is 39.3 Å². The lowest BCUT2D eigenvalue weighted by Crippen LogP contribution is -2.58. The predicted octanol–water partition coefficient (Wildman–Crippen LogP) is 2.58. The molecule has 1 unspecified atom stereocenters. The molecular weight excluding hydrogens is 264 g/mol. The normalized spacial score (nSPS) is 22.8. The summed E-state index contributed by atoms with van der Waals surface area (Å²) in [4.78, 5) is 2.40. The van der Waals surface area contributed by atoms with Gasteiger partial charge in [-0.3, -0.25) is 4.90 Å². The minimum atomic E-state index is -0.143. The fourth-order valence-corrected chi connectivity index (χ4v) is 3.33. The van der Waals surface area contributed by atoms with Crippen LogP contribution in [0.25, 0.3) is 0 Å². The number of hydrogen-bond acceptors (Lipinski definition) is 4. The first-order chi connectivity index (χ1) is 9.71. The van der Waals surface area contributed by atoms with Gasteiger partial charge in [0.2, 0.25) is 0 Å². The van der Waals surface area contributed by atoms with Crippen molar-refractivity contribution in [2.75, 3.05) is 26.7 Å². The molecule has 0 saturated carbocycles. The summed E-state index contributed by atoms with van der Waals surface area (Å²) in [5.41, 5.74) is 7.21. The Morgan fingerprint density at radius 3 is 2.43 bits per heavy atom. The fraction of sp³-hybridized carbons (Fsp3) is 0.647. The van der Waals surface area contributed by atoms with E-state index < -0.39 is 0 Å². The molecule has 1 saturated heterocycles. The maximum absolute atomic E-state index is 6.39. The minimum Gasteiger partial charge on any atom is -0.497 e. The molecule has 1 fully saturated rings. The van der Waals surface area contributed by atoms with Crippen molar-refractivity contribution in [2.45, 2.75) is 44.9 Å². The van der Waals surface area contributed by atoms with Crippen LogP contribution in [0.5, 0.6) is 5.75 Å². The largest absolute Gasteiger partial charge is 0.497 e. The van der Waals surface area contributed by atoms with Crippen LogP contribution >= 0.6 is 0 Å². The Balaban J connectivity index is 2.06. The van der Waals surface area contributed by atoms with Gasteiger partial charge in [0.1, 0.15) is 5.75 Å². The molecule has 0 aromatic heterocycles. The van der Waals surface area contributed by atoms with Gasteiger partial charge in [-0.05, 0) is 45.4 Å². The lowest BCUT2D eigenvalue weighted by atomic mass is 9.97. The lowest BCUT2D eigenvalue weighted by Gasteiger charge is -2.47. The van der Waals surface area contributed by atoms with E-state index in [9.17, 15) is 0 Å². The average molecular weight is 292 g/mol. The van der Waals surface area contributed by atoms with E-state index in [0.29, 0.717) is 0 Å². The first-order valence-electron chi connectivity index (χ1n) is 7.53. The van der Waals surface area contributed by atoms with E-state index in [1.165, 1.54) is 0 Å². The van der Waals surface area contributed by atoms with E-state index in [0.717, 1.165) is 30.9 Å². The number of ether oxygens (including phenoxy) is 2. The van der Waals surface area contributed by atoms with Crippen molar-refractivity contribution in [3.63, 3.8) is 0 Å². The molecule has 0 aliphatic carbocycles. The van der Waals surface area contributed by atoms with Crippen LogP contribution in [-0.4, -0.2) is 42.8 Å². The van der Waals surface area contributed by atoms with Gasteiger partial charge in [-0.25, -0.2) is 0 Å². The Morgan fingerprint density at radius 2 is 1.86 bits per heavy atom. The number of rotatable bonds is 4. The van der Waals surface area contributed by atoms with Crippen LogP contribution in [0.4, 0.5) is 0 Å². The lowest BCUT2D eigenvalue weighted by molar-refractivity contribution is -0.181. The third-order valence-corrected chi connectivity index (χ3v) is 3.74. The van der Waals surface area contributed by atoms with Gasteiger partial charge in [-0.2, -0.15) is 0 Å². The summed E-state index contributed by atoms with van der Waals surface area (Å²) in [6.45, 7) is 11.2. The van der Waals surface area contributed by atoms with Crippen molar-refractivity contribution in [2.24, 2.45) is 5.73 Å². The molecule has 1 aliphatic heterocycles. The van der Waals surface area contributed by atoms with E-state index in [1.54, 1.807) is 7.11 Å². The molecule has 1 aromatic rings. The van der Waals surface area contributed by atoms with Crippen LogP contribution in [0.15, 0.2) is 24.3 Å². The van der Waals surface area contributed by atoms with Crippen molar-refractivity contribution in [1.29, 1.82) is 0 Å². The number of benzene rings is 1. The van der Waals surface area contributed by atoms with Gasteiger partial charge in [0.15, 0.2) is 0 Å². The summed E-state index contributed by atoms with van der Waals surface area (Å²) in [5.74, 6) is 0.852. The zero-order valence-electron chi connectivity index (χ0n) is 13.8. The van der Waals surface area contributed by atoms with Gasteiger partial charge >= 0.3 is 0 Å². The Kier molecular flexibility index (Phi) is 4.61. The number of nitrogens with zero attached hydrogens (tertiary/aromatic N) is 1. The van der Waals surface area contributed by atoms with E-state index in [4.69, 9.17) is 15.2 Å². The zero-order valence-corrected chi connectivity index (χ0v) is 13.8. The van der Waals surface area contributed by atoms with Gasteiger partial charge in [0, 0.05) is 25.7 Å². The van der Waals surface area contributed by atoms with E-state index in [-0.39, 0.29) is 17.2 Å². The standard InChI is InChI=1S/C17H28N2O2/c1-16(2)11-19(12-17(3,4)21-16)10-15(18)13-7-6-8-14(9-13)20-5/h6-9,15H,10-12,18H2,1-5H3. The second-order valence-electron chi connectivity index (χ2n) is 7.17. The smallest absolute Gasteiger partial charge is 0.119 e. The highest BCUT2D eigenvalue weighted by Crippen LogP contribution is 2.29. The fourth-order valence-electron chi connectivity index (χ4n) is 3.33. The molecule has 0 radical (unpaired) electrons. The van der Waals surface area contributed by atoms with E-state index >= 15 is 0 Å². The van der Waals surface area contributed by atoms with Gasteiger partial charge in [-0.1, -0.05) is 12.1 Å². The topological polar surface area (TPSA) is 47.7 Å². The monoisotopic (exact) mass is 292 g/mol. The first-order valence-corrected chi connectivity index (χ1v) is 7.53. The highest BCUT2D eigenvalue weighted by molar-refractivity contribution is 5.30. The maximum atomic E-state index is 6.39. The molecule has 4 heteroatoms. The molecule has 118 valence electrons. The SMILES string of the molecule is COc1cccc(C(N)CN2CC(C)(C)OC(C)(C)C2)c1. The molecule has 1 atom stereocenters. The Bertz CT molecular complexity index is 469. The molecule has 2 N–H and O–H groups in total. The van der Waals surface area contributed by atoms with E-state index in [2.05, 4.69) is 38.7 Å². The van der Waals surface area contributed by atoms with Gasteiger partial charge in [0.05, 0.1) is 18.3 Å². The van der Waals surface area contributed by atoms with Crippen molar-refractivity contribution in [3.05, 3.63) is 29.8 Å². The molecule has 1 aromatic carbocycles. The number of methoxy groups -OCH3 is 1. The summed E-state index contributed by atoms with van der Waals surface area (Å²) in [7, 11) is 1.68. The summed E-state index contributed by atoms with van der Waals surface area (Å²) < 4.78 is 11.4.